The average molecular weight is 316 g/mol. The van der Waals surface area contributed by atoms with Gasteiger partial charge >= 0.3 is 0 Å². The minimum atomic E-state index is 0.243. The van der Waals surface area contributed by atoms with Crippen LogP contribution in [0.25, 0.3) is 0 Å². The molecular weight excluding hydrogens is 282 g/mol. The Hall–Kier alpha value is -1.31. The number of aryl methyl sites for hydroxylation is 2. The Balaban J connectivity index is 2.34. The number of rotatable bonds is 8. The van der Waals surface area contributed by atoms with Crippen molar-refractivity contribution >= 4 is 5.91 Å². The maximum absolute atomic E-state index is 13.1. The molecule has 2 rings (SSSR count). The maximum Gasteiger partial charge on any atom is 0.254 e. The van der Waals surface area contributed by atoms with Crippen molar-refractivity contribution in [2.75, 3.05) is 13.1 Å². The van der Waals surface area contributed by atoms with Gasteiger partial charge in [0, 0.05) is 18.7 Å². The minimum Gasteiger partial charge on any atom is -0.339 e. The van der Waals surface area contributed by atoms with Crippen LogP contribution in [0.5, 0.6) is 0 Å². The molecule has 0 fully saturated rings. The van der Waals surface area contributed by atoms with Gasteiger partial charge in [-0.1, -0.05) is 32.3 Å². The van der Waals surface area contributed by atoms with Gasteiger partial charge in [-0.3, -0.25) is 4.79 Å². The van der Waals surface area contributed by atoms with Crippen LogP contribution in [-0.4, -0.2) is 23.9 Å². The molecule has 0 saturated heterocycles. The SMILES string of the molecule is CCCCCCc1cc2c(c(C)c1C(=O)N(CC)CC)CCC2. The largest absolute Gasteiger partial charge is 0.339 e. The molecule has 1 aliphatic rings. The number of carbonyl (C=O) groups is 1. The quantitative estimate of drug-likeness (QED) is 0.612. The average Bonchev–Trinajstić information content (AvgIpc) is 3.01. The number of hydrogen-bond acceptors (Lipinski definition) is 1. The Morgan fingerprint density at radius 3 is 2.48 bits per heavy atom. The van der Waals surface area contributed by atoms with Crippen LogP contribution in [-0.2, 0) is 19.3 Å². The fraction of sp³-hybridized carbons (Fsp3) is 0.667. The summed E-state index contributed by atoms with van der Waals surface area (Å²) in [6.45, 7) is 10.2. The molecule has 1 aliphatic carbocycles. The molecule has 0 radical (unpaired) electrons. The molecule has 1 aromatic rings. The second kappa shape index (κ2) is 8.52. The van der Waals surface area contributed by atoms with Crippen molar-refractivity contribution in [3.8, 4) is 0 Å². The second-order valence-corrected chi connectivity index (χ2v) is 6.82. The van der Waals surface area contributed by atoms with Crippen molar-refractivity contribution in [2.45, 2.75) is 79.1 Å². The lowest BCUT2D eigenvalue weighted by molar-refractivity contribution is 0.0771. The van der Waals surface area contributed by atoms with Gasteiger partial charge in [-0.05, 0) is 75.1 Å². The van der Waals surface area contributed by atoms with Crippen molar-refractivity contribution in [3.63, 3.8) is 0 Å². The first-order chi connectivity index (χ1) is 11.1. The Labute approximate surface area is 142 Å². The molecule has 1 amide bonds. The van der Waals surface area contributed by atoms with Crippen LogP contribution < -0.4 is 0 Å². The van der Waals surface area contributed by atoms with Crippen molar-refractivity contribution in [1.29, 1.82) is 0 Å². The van der Waals surface area contributed by atoms with Gasteiger partial charge in [0.15, 0.2) is 0 Å². The molecule has 0 aromatic heterocycles. The van der Waals surface area contributed by atoms with E-state index in [2.05, 4.69) is 33.8 Å². The fourth-order valence-electron chi connectivity index (χ4n) is 3.93. The summed E-state index contributed by atoms with van der Waals surface area (Å²) in [4.78, 5) is 15.0. The highest BCUT2D eigenvalue weighted by Crippen LogP contribution is 2.31. The third kappa shape index (κ3) is 3.97. The highest BCUT2D eigenvalue weighted by molar-refractivity contribution is 5.97. The van der Waals surface area contributed by atoms with Gasteiger partial charge in [-0.2, -0.15) is 0 Å². The Morgan fingerprint density at radius 1 is 1.09 bits per heavy atom. The van der Waals surface area contributed by atoms with E-state index in [1.165, 1.54) is 60.8 Å². The number of fused-ring (bicyclic) bond motifs is 1. The lowest BCUT2D eigenvalue weighted by Crippen LogP contribution is -2.32. The van der Waals surface area contributed by atoms with E-state index in [9.17, 15) is 4.79 Å². The Bertz CT molecular complexity index is 543. The third-order valence-electron chi connectivity index (χ3n) is 5.32. The lowest BCUT2D eigenvalue weighted by atomic mass is 9.90. The smallest absolute Gasteiger partial charge is 0.254 e. The molecule has 0 aliphatic heterocycles. The van der Waals surface area contributed by atoms with Gasteiger partial charge < -0.3 is 4.90 Å². The van der Waals surface area contributed by atoms with Gasteiger partial charge in [0.05, 0.1) is 0 Å². The molecule has 2 nitrogen and oxygen atoms in total. The van der Waals surface area contributed by atoms with E-state index < -0.39 is 0 Å². The highest BCUT2D eigenvalue weighted by Gasteiger charge is 2.24. The number of carbonyl (C=O) groups excluding carboxylic acids is 1. The van der Waals surface area contributed by atoms with Crippen molar-refractivity contribution in [3.05, 3.63) is 33.9 Å². The summed E-state index contributed by atoms with van der Waals surface area (Å²) in [5.74, 6) is 0.243. The first kappa shape index (κ1) is 18.0. The molecule has 0 N–H and O–H groups in total. The van der Waals surface area contributed by atoms with E-state index in [4.69, 9.17) is 0 Å². The van der Waals surface area contributed by atoms with E-state index in [-0.39, 0.29) is 5.91 Å². The van der Waals surface area contributed by atoms with Crippen LogP contribution in [0.1, 0.15) is 85.5 Å². The summed E-state index contributed by atoms with van der Waals surface area (Å²) >= 11 is 0. The van der Waals surface area contributed by atoms with Crippen LogP contribution in [0.3, 0.4) is 0 Å². The van der Waals surface area contributed by atoms with Crippen LogP contribution in [0, 0.1) is 6.92 Å². The molecular formula is C21H33NO. The molecule has 2 heteroatoms. The number of amides is 1. The summed E-state index contributed by atoms with van der Waals surface area (Å²) in [6, 6.07) is 2.36. The predicted octanol–water partition coefficient (Wildman–Crippen LogP) is 5.09. The first-order valence-corrected chi connectivity index (χ1v) is 9.57. The molecule has 0 unspecified atom stereocenters. The molecule has 0 bridgehead atoms. The van der Waals surface area contributed by atoms with Crippen LogP contribution >= 0.6 is 0 Å². The van der Waals surface area contributed by atoms with Gasteiger partial charge in [-0.15, -0.1) is 0 Å². The summed E-state index contributed by atoms with van der Waals surface area (Å²) in [5, 5.41) is 0. The summed E-state index contributed by atoms with van der Waals surface area (Å²) in [7, 11) is 0. The lowest BCUT2D eigenvalue weighted by Gasteiger charge is -2.23. The van der Waals surface area contributed by atoms with Gasteiger partial charge in [0.25, 0.3) is 5.91 Å². The Morgan fingerprint density at radius 2 is 1.83 bits per heavy atom. The van der Waals surface area contributed by atoms with Crippen LogP contribution in [0.2, 0.25) is 0 Å². The zero-order valence-electron chi connectivity index (χ0n) is 15.5. The molecule has 0 saturated carbocycles. The van der Waals surface area contributed by atoms with Gasteiger partial charge in [0.2, 0.25) is 0 Å². The third-order valence-corrected chi connectivity index (χ3v) is 5.32. The molecule has 0 spiro atoms. The van der Waals surface area contributed by atoms with E-state index in [0.29, 0.717) is 0 Å². The zero-order chi connectivity index (χ0) is 16.8. The number of benzene rings is 1. The first-order valence-electron chi connectivity index (χ1n) is 9.57. The van der Waals surface area contributed by atoms with E-state index >= 15 is 0 Å². The van der Waals surface area contributed by atoms with Crippen LogP contribution in [0.15, 0.2) is 6.07 Å². The molecule has 1 aromatic carbocycles. The number of unbranched alkanes of at least 4 members (excludes halogenated alkanes) is 3. The van der Waals surface area contributed by atoms with Crippen molar-refractivity contribution in [1.82, 2.24) is 4.90 Å². The van der Waals surface area contributed by atoms with Crippen molar-refractivity contribution in [2.24, 2.45) is 0 Å². The van der Waals surface area contributed by atoms with Crippen LogP contribution in [0.4, 0.5) is 0 Å². The molecule has 0 atom stereocenters. The van der Waals surface area contributed by atoms with Gasteiger partial charge in [0.1, 0.15) is 0 Å². The fourth-order valence-corrected chi connectivity index (χ4v) is 3.93. The van der Waals surface area contributed by atoms with Gasteiger partial charge in [-0.25, -0.2) is 0 Å². The van der Waals surface area contributed by atoms with E-state index in [1.54, 1.807) is 0 Å². The number of nitrogens with zero attached hydrogens (tertiary/aromatic N) is 1. The normalized spacial score (nSPS) is 13.2. The van der Waals surface area contributed by atoms with E-state index in [0.717, 1.165) is 31.5 Å². The Kier molecular flexibility index (Phi) is 6.68. The predicted molar refractivity (Wildman–Crippen MR) is 98.3 cm³/mol. The minimum absolute atomic E-state index is 0.243. The summed E-state index contributed by atoms with van der Waals surface area (Å²) in [6.07, 6.45) is 9.66. The van der Waals surface area contributed by atoms with E-state index in [1.807, 2.05) is 4.90 Å². The molecule has 128 valence electrons. The topological polar surface area (TPSA) is 20.3 Å². The maximum atomic E-state index is 13.1. The monoisotopic (exact) mass is 315 g/mol. The standard InChI is InChI=1S/C21H33NO/c1-5-8-9-10-12-18-15-17-13-11-14-19(17)16(4)20(18)21(23)22(6-2)7-3/h15H,5-14H2,1-4H3. The summed E-state index contributed by atoms with van der Waals surface area (Å²) < 4.78 is 0. The molecule has 23 heavy (non-hydrogen) atoms. The summed E-state index contributed by atoms with van der Waals surface area (Å²) in [5.41, 5.74) is 6.55. The zero-order valence-corrected chi connectivity index (χ0v) is 15.5. The number of hydrogen-bond donors (Lipinski definition) is 0. The van der Waals surface area contributed by atoms with Crippen molar-refractivity contribution < 1.29 is 4.79 Å². The second-order valence-electron chi connectivity index (χ2n) is 6.82. The highest BCUT2D eigenvalue weighted by atomic mass is 16.2. The molecule has 0 heterocycles.